The third kappa shape index (κ3) is 12.8. The lowest BCUT2D eigenvalue weighted by Gasteiger charge is -2.25. The maximum absolute atomic E-state index is 12.8. The number of carboxylic acid groups (broad SMARTS) is 1. The van der Waals surface area contributed by atoms with Gasteiger partial charge in [-0.2, -0.15) is 12.6 Å². The summed E-state index contributed by atoms with van der Waals surface area (Å²) in [7, 11) is 0. The molecule has 0 aliphatic carbocycles. The highest BCUT2D eigenvalue weighted by Gasteiger charge is 2.30. The lowest BCUT2D eigenvalue weighted by molar-refractivity contribution is -0.142. The van der Waals surface area contributed by atoms with Crippen molar-refractivity contribution in [2.24, 2.45) is 33.8 Å². The monoisotopic (exact) mass is 504 g/mol. The number of rotatable bonds is 16. The first-order chi connectivity index (χ1) is 15.8. The van der Waals surface area contributed by atoms with Gasteiger partial charge < -0.3 is 44.0 Å². The molecule has 0 saturated heterocycles. The van der Waals surface area contributed by atoms with E-state index >= 15 is 0 Å². The molecular weight excluding hydrogens is 468 g/mol. The van der Waals surface area contributed by atoms with Gasteiger partial charge in [-0.05, 0) is 25.2 Å². The molecule has 0 bridgehead atoms. The van der Waals surface area contributed by atoms with Gasteiger partial charge >= 0.3 is 5.97 Å². The van der Waals surface area contributed by atoms with Gasteiger partial charge in [-0.25, -0.2) is 4.79 Å². The minimum atomic E-state index is -1.27. The summed E-state index contributed by atoms with van der Waals surface area (Å²) in [6.07, 6.45) is 0.133. The third-order valence-corrected chi connectivity index (χ3v) is 4.84. The number of hydrogen-bond donors (Lipinski definition) is 9. The highest BCUT2D eigenvalue weighted by molar-refractivity contribution is 7.80. The van der Waals surface area contributed by atoms with Gasteiger partial charge in [-0.3, -0.25) is 24.2 Å². The largest absolute Gasteiger partial charge is 0.480 e. The van der Waals surface area contributed by atoms with Crippen molar-refractivity contribution in [3.05, 3.63) is 0 Å². The number of nitrogens with two attached hydrogens (primary N) is 4. The van der Waals surface area contributed by atoms with Crippen LogP contribution in [-0.2, 0) is 24.0 Å². The van der Waals surface area contributed by atoms with Gasteiger partial charge in [0.25, 0.3) is 0 Å². The van der Waals surface area contributed by atoms with Crippen molar-refractivity contribution >= 4 is 48.2 Å². The van der Waals surface area contributed by atoms with Crippen molar-refractivity contribution < 1.29 is 29.1 Å². The number of amides is 4. The molecule has 0 aromatic carbocycles. The Labute approximate surface area is 203 Å². The van der Waals surface area contributed by atoms with Crippen molar-refractivity contribution in [3.8, 4) is 0 Å². The van der Waals surface area contributed by atoms with Crippen molar-refractivity contribution in [2.75, 3.05) is 12.3 Å². The summed E-state index contributed by atoms with van der Waals surface area (Å²) >= 11 is 4.04. The Kier molecular flexibility index (Phi) is 14.3. The van der Waals surface area contributed by atoms with Gasteiger partial charge in [0, 0.05) is 12.3 Å². The second-order valence-corrected chi connectivity index (χ2v) is 8.42. The second kappa shape index (κ2) is 15.7. The van der Waals surface area contributed by atoms with E-state index < -0.39 is 60.2 Å². The number of thiol groups is 1. The van der Waals surface area contributed by atoms with Crippen LogP contribution >= 0.6 is 12.6 Å². The molecule has 0 rings (SSSR count). The lowest BCUT2D eigenvalue weighted by Crippen LogP contribution is -2.58. The predicted molar refractivity (Wildman–Crippen MR) is 128 cm³/mol. The van der Waals surface area contributed by atoms with Gasteiger partial charge in [-0.15, -0.1) is 0 Å². The summed E-state index contributed by atoms with van der Waals surface area (Å²) in [6, 6.07) is -4.75. The molecule has 0 heterocycles. The number of carbonyl (C=O) groups is 5. The van der Waals surface area contributed by atoms with Crippen LogP contribution in [0.5, 0.6) is 0 Å². The molecule has 12 N–H and O–H groups in total. The summed E-state index contributed by atoms with van der Waals surface area (Å²) in [5.41, 5.74) is 21.2. The van der Waals surface area contributed by atoms with Gasteiger partial charge in [-0.1, -0.05) is 13.8 Å². The topological polar surface area (TPSA) is 258 Å². The summed E-state index contributed by atoms with van der Waals surface area (Å²) < 4.78 is 0. The Bertz CT molecular complexity index is 759. The maximum atomic E-state index is 12.8. The molecule has 0 radical (unpaired) electrons. The zero-order valence-corrected chi connectivity index (χ0v) is 20.2. The van der Waals surface area contributed by atoms with Gasteiger partial charge in [0.05, 0.1) is 12.5 Å². The number of carboxylic acids is 1. The number of aliphatic carboxylic acids is 1. The minimum Gasteiger partial charge on any atom is -0.480 e. The Morgan fingerprint density at radius 1 is 0.912 bits per heavy atom. The standard InChI is InChI=1S/C19H36N8O6S/c1-9(2)6-12(18(32)33)26-16(30)11(4-3-5-24-19(22)23)25-17(31)13(8-34)27-15(29)10(20)7-14(21)28/h9-13,34H,3-8,20H2,1-2H3,(H2,21,28)(H,25,31)(H,26,30)(H,27,29)(H,32,33)(H4,22,23,24). The van der Waals surface area contributed by atoms with E-state index in [2.05, 4.69) is 33.6 Å². The molecule has 0 aromatic rings. The van der Waals surface area contributed by atoms with E-state index in [9.17, 15) is 29.1 Å². The molecule has 4 amide bonds. The fourth-order valence-electron chi connectivity index (χ4n) is 2.79. The van der Waals surface area contributed by atoms with Gasteiger partial charge in [0.15, 0.2) is 5.96 Å². The molecule has 14 nitrogen and oxygen atoms in total. The molecule has 194 valence electrons. The first kappa shape index (κ1) is 30.9. The fourth-order valence-corrected chi connectivity index (χ4v) is 3.05. The summed E-state index contributed by atoms with van der Waals surface area (Å²) in [4.78, 5) is 64.0. The van der Waals surface area contributed by atoms with E-state index in [4.69, 9.17) is 22.9 Å². The van der Waals surface area contributed by atoms with Crippen LogP contribution in [0, 0.1) is 5.92 Å². The van der Waals surface area contributed by atoms with E-state index in [0.717, 1.165) is 0 Å². The number of aliphatic imine (C=N–C) groups is 1. The van der Waals surface area contributed by atoms with E-state index in [1.807, 2.05) is 0 Å². The average Bonchev–Trinajstić information content (AvgIpc) is 2.71. The number of nitrogens with zero attached hydrogens (tertiary/aromatic N) is 1. The smallest absolute Gasteiger partial charge is 0.326 e. The zero-order valence-electron chi connectivity index (χ0n) is 19.3. The van der Waals surface area contributed by atoms with Crippen LogP contribution in [0.2, 0.25) is 0 Å². The second-order valence-electron chi connectivity index (χ2n) is 8.06. The number of carbonyl (C=O) groups excluding carboxylic acids is 4. The van der Waals surface area contributed by atoms with Crippen molar-refractivity contribution in [1.29, 1.82) is 0 Å². The Balaban J connectivity index is 5.42. The maximum Gasteiger partial charge on any atom is 0.326 e. The SMILES string of the molecule is CC(C)CC(NC(=O)C(CCCN=C(N)N)NC(=O)C(CS)NC(=O)C(N)CC(N)=O)C(=O)O. The molecule has 4 unspecified atom stereocenters. The summed E-state index contributed by atoms with van der Waals surface area (Å²) in [6.45, 7) is 3.78. The fraction of sp³-hybridized carbons (Fsp3) is 0.684. The van der Waals surface area contributed by atoms with Crippen LogP contribution in [0.1, 0.15) is 39.5 Å². The first-order valence-electron chi connectivity index (χ1n) is 10.6. The molecule has 4 atom stereocenters. The Morgan fingerprint density at radius 3 is 1.91 bits per heavy atom. The third-order valence-electron chi connectivity index (χ3n) is 4.47. The molecule has 34 heavy (non-hydrogen) atoms. The van der Waals surface area contributed by atoms with Gasteiger partial charge in [0.1, 0.15) is 18.1 Å². The zero-order chi connectivity index (χ0) is 26.4. The van der Waals surface area contributed by atoms with Crippen molar-refractivity contribution in [1.82, 2.24) is 16.0 Å². The quantitative estimate of drug-likeness (QED) is 0.0442. The molecule has 15 heteroatoms. The van der Waals surface area contributed by atoms with E-state index in [-0.39, 0.29) is 37.0 Å². The lowest BCUT2D eigenvalue weighted by atomic mass is 10.0. The van der Waals surface area contributed by atoms with Crippen LogP contribution in [0.3, 0.4) is 0 Å². The molecule has 0 fully saturated rings. The molecular formula is C19H36N8O6S. The van der Waals surface area contributed by atoms with Crippen LogP contribution in [0.25, 0.3) is 0 Å². The Hall–Kier alpha value is -3.07. The average molecular weight is 505 g/mol. The van der Waals surface area contributed by atoms with Crippen LogP contribution in [0.15, 0.2) is 4.99 Å². The van der Waals surface area contributed by atoms with Crippen LogP contribution in [0.4, 0.5) is 0 Å². The highest BCUT2D eigenvalue weighted by atomic mass is 32.1. The van der Waals surface area contributed by atoms with Gasteiger partial charge in [0.2, 0.25) is 23.6 Å². The minimum absolute atomic E-state index is 0.00954. The molecule has 0 aromatic heterocycles. The molecule has 0 spiro atoms. The van der Waals surface area contributed by atoms with Crippen LogP contribution < -0.4 is 38.9 Å². The predicted octanol–water partition coefficient (Wildman–Crippen LogP) is -3.24. The summed E-state index contributed by atoms with van der Waals surface area (Å²) in [5.74, 6) is -4.58. The summed E-state index contributed by atoms with van der Waals surface area (Å²) in [5, 5.41) is 16.7. The number of primary amides is 1. The number of hydrogen-bond acceptors (Lipinski definition) is 8. The first-order valence-corrected chi connectivity index (χ1v) is 11.3. The van der Waals surface area contributed by atoms with Crippen LogP contribution in [-0.4, -0.2) is 77.1 Å². The van der Waals surface area contributed by atoms with E-state index in [1.54, 1.807) is 13.8 Å². The molecule has 0 aliphatic rings. The van der Waals surface area contributed by atoms with Crippen molar-refractivity contribution in [3.63, 3.8) is 0 Å². The number of guanidine groups is 1. The molecule has 0 aliphatic heterocycles. The highest BCUT2D eigenvalue weighted by Crippen LogP contribution is 2.07. The molecule has 0 saturated carbocycles. The van der Waals surface area contributed by atoms with Crippen molar-refractivity contribution in [2.45, 2.75) is 63.7 Å². The van der Waals surface area contributed by atoms with E-state index in [1.165, 1.54) is 0 Å². The van der Waals surface area contributed by atoms with E-state index in [0.29, 0.717) is 6.42 Å². The Morgan fingerprint density at radius 2 is 1.44 bits per heavy atom. The normalized spacial score (nSPS) is 14.3. The number of nitrogens with one attached hydrogen (secondary N) is 3.